The fourth-order valence-electron chi connectivity index (χ4n) is 2.71. The number of aromatic nitrogens is 2. The minimum Gasteiger partial charge on any atom is -0.253 e. The van der Waals surface area contributed by atoms with E-state index in [4.69, 9.17) is 4.98 Å². The molecule has 0 fully saturated rings. The van der Waals surface area contributed by atoms with Crippen molar-refractivity contribution in [2.45, 2.75) is 52.4 Å². The van der Waals surface area contributed by atoms with Gasteiger partial charge in [-0.2, -0.15) is 0 Å². The van der Waals surface area contributed by atoms with Gasteiger partial charge in [-0.1, -0.05) is 71.9 Å². The highest BCUT2D eigenvalue weighted by molar-refractivity contribution is 5.81. The van der Waals surface area contributed by atoms with Gasteiger partial charge in [-0.25, -0.2) is 4.98 Å². The van der Waals surface area contributed by atoms with E-state index < -0.39 is 0 Å². The fourth-order valence-corrected chi connectivity index (χ4v) is 2.71. The molecule has 3 rings (SSSR count). The second-order valence-electron chi connectivity index (χ2n) is 8.54. The number of hydrogen-bond acceptors (Lipinski definition) is 2. The molecule has 0 radical (unpaired) electrons. The minimum absolute atomic E-state index is 0.0165. The molecule has 0 aliphatic rings. The molecule has 0 saturated heterocycles. The SMILES string of the molecule is CC(C)(C)c1ccc(-c2ccc3nc(C(C)(C)C)cnc3c2)cc1. The molecular formula is C22H26N2. The first-order valence-corrected chi connectivity index (χ1v) is 8.53. The topological polar surface area (TPSA) is 25.8 Å². The van der Waals surface area contributed by atoms with Gasteiger partial charge in [0.1, 0.15) is 0 Å². The van der Waals surface area contributed by atoms with Crippen LogP contribution in [0.5, 0.6) is 0 Å². The summed E-state index contributed by atoms with van der Waals surface area (Å²) in [4.78, 5) is 9.39. The lowest BCUT2D eigenvalue weighted by Gasteiger charge is -2.19. The highest BCUT2D eigenvalue weighted by Crippen LogP contribution is 2.28. The molecule has 0 saturated carbocycles. The van der Waals surface area contributed by atoms with Crippen LogP contribution < -0.4 is 0 Å². The molecule has 0 amide bonds. The molecule has 1 heterocycles. The largest absolute Gasteiger partial charge is 0.253 e. The molecule has 24 heavy (non-hydrogen) atoms. The summed E-state index contributed by atoms with van der Waals surface area (Å²) >= 11 is 0. The highest BCUT2D eigenvalue weighted by atomic mass is 14.8. The van der Waals surface area contributed by atoms with Gasteiger partial charge in [-0.05, 0) is 34.2 Å². The van der Waals surface area contributed by atoms with E-state index in [1.807, 2.05) is 6.20 Å². The van der Waals surface area contributed by atoms with E-state index in [1.165, 1.54) is 16.7 Å². The molecule has 0 unspecified atom stereocenters. The van der Waals surface area contributed by atoms with E-state index >= 15 is 0 Å². The van der Waals surface area contributed by atoms with Crippen molar-refractivity contribution in [1.82, 2.24) is 9.97 Å². The fraction of sp³-hybridized carbons (Fsp3) is 0.364. The summed E-state index contributed by atoms with van der Waals surface area (Å²) in [5, 5.41) is 0. The maximum atomic E-state index is 4.77. The minimum atomic E-state index is 0.0165. The molecule has 0 spiro atoms. The summed E-state index contributed by atoms with van der Waals surface area (Å²) in [6, 6.07) is 15.2. The van der Waals surface area contributed by atoms with Crippen molar-refractivity contribution in [2.75, 3.05) is 0 Å². The van der Waals surface area contributed by atoms with Crippen molar-refractivity contribution >= 4 is 11.0 Å². The molecule has 3 aromatic rings. The average Bonchev–Trinajstić information content (AvgIpc) is 2.52. The van der Waals surface area contributed by atoms with Gasteiger partial charge in [0.15, 0.2) is 0 Å². The Bertz CT molecular complexity index is 863. The van der Waals surface area contributed by atoms with E-state index in [0.29, 0.717) is 0 Å². The van der Waals surface area contributed by atoms with Crippen LogP contribution in [-0.4, -0.2) is 9.97 Å². The van der Waals surface area contributed by atoms with Gasteiger partial charge in [-0.15, -0.1) is 0 Å². The number of rotatable bonds is 1. The van der Waals surface area contributed by atoms with Crippen molar-refractivity contribution in [1.29, 1.82) is 0 Å². The van der Waals surface area contributed by atoms with Crippen LogP contribution in [0.15, 0.2) is 48.7 Å². The van der Waals surface area contributed by atoms with Crippen LogP contribution in [0.1, 0.15) is 52.8 Å². The lowest BCUT2D eigenvalue weighted by molar-refractivity contribution is 0.568. The van der Waals surface area contributed by atoms with Crippen molar-refractivity contribution in [3.05, 3.63) is 59.9 Å². The zero-order valence-electron chi connectivity index (χ0n) is 15.5. The number of fused-ring (bicyclic) bond motifs is 1. The molecule has 2 heteroatoms. The summed E-state index contributed by atoms with van der Waals surface area (Å²) in [5.41, 5.74) is 6.86. The zero-order valence-corrected chi connectivity index (χ0v) is 15.5. The van der Waals surface area contributed by atoms with E-state index in [9.17, 15) is 0 Å². The van der Waals surface area contributed by atoms with Crippen molar-refractivity contribution in [2.24, 2.45) is 0 Å². The Balaban J connectivity index is 1.99. The Morgan fingerprint density at radius 3 is 1.88 bits per heavy atom. The Morgan fingerprint density at radius 1 is 0.667 bits per heavy atom. The molecule has 0 bridgehead atoms. The van der Waals surface area contributed by atoms with Gasteiger partial charge < -0.3 is 0 Å². The van der Waals surface area contributed by atoms with Crippen molar-refractivity contribution < 1.29 is 0 Å². The van der Waals surface area contributed by atoms with Crippen LogP contribution in [-0.2, 0) is 10.8 Å². The Kier molecular flexibility index (Phi) is 3.95. The molecule has 2 nitrogen and oxygen atoms in total. The van der Waals surface area contributed by atoms with Gasteiger partial charge in [0.25, 0.3) is 0 Å². The first kappa shape index (κ1) is 16.6. The van der Waals surface area contributed by atoms with Crippen molar-refractivity contribution in [3.8, 4) is 11.1 Å². The maximum Gasteiger partial charge on any atom is 0.0893 e. The molecule has 0 aliphatic heterocycles. The first-order chi connectivity index (χ1) is 11.1. The Hall–Kier alpha value is -2.22. The van der Waals surface area contributed by atoms with Gasteiger partial charge >= 0.3 is 0 Å². The lowest BCUT2D eigenvalue weighted by Crippen LogP contribution is -2.13. The molecular weight excluding hydrogens is 292 g/mol. The Labute approximate surface area is 145 Å². The lowest BCUT2D eigenvalue weighted by atomic mass is 9.86. The van der Waals surface area contributed by atoms with Gasteiger partial charge in [0, 0.05) is 11.6 Å². The average molecular weight is 318 g/mol. The van der Waals surface area contributed by atoms with Gasteiger partial charge in [0.05, 0.1) is 16.7 Å². The third kappa shape index (κ3) is 3.33. The van der Waals surface area contributed by atoms with Crippen LogP contribution in [0.25, 0.3) is 22.2 Å². The van der Waals surface area contributed by atoms with E-state index in [0.717, 1.165) is 16.7 Å². The first-order valence-electron chi connectivity index (χ1n) is 8.53. The molecule has 0 atom stereocenters. The highest BCUT2D eigenvalue weighted by Gasteiger charge is 2.16. The van der Waals surface area contributed by atoms with Crippen molar-refractivity contribution in [3.63, 3.8) is 0 Å². The second kappa shape index (κ2) is 5.70. The van der Waals surface area contributed by atoms with Gasteiger partial charge in [-0.3, -0.25) is 4.98 Å². The normalized spacial score (nSPS) is 12.6. The zero-order chi connectivity index (χ0) is 17.5. The smallest absolute Gasteiger partial charge is 0.0893 e. The predicted octanol–water partition coefficient (Wildman–Crippen LogP) is 5.89. The number of nitrogens with zero attached hydrogens (tertiary/aromatic N) is 2. The number of hydrogen-bond donors (Lipinski definition) is 0. The van der Waals surface area contributed by atoms with E-state index in [1.54, 1.807) is 0 Å². The molecule has 2 aromatic carbocycles. The molecule has 0 aliphatic carbocycles. The molecule has 1 aromatic heterocycles. The van der Waals surface area contributed by atoms with Crippen LogP contribution >= 0.6 is 0 Å². The van der Waals surface area contributed by atoms with Crippen LogP contribution in [0.3, 0.4) is 0 Å². The Morgan fingerprint density at radius 2 is 1.29 bits per heavy atom. The standard InChI is InChI=1S/C22H26N2/c1-21(2,3)17-10-7-15(8-11-17)16-9-12-18-19(13-16)23-14-20(24-18)22(4,5)6/h7-14H,1-6H3. The predicted molar refractivity (Wildman–Crippen MR) is 102 cm³/mol. The maximum absolute atomic E-state index is 4.77. The van der Waals surface area contributed by atoms with E-state index in [-0.39, 0.29) is 10.8 Å². The molecule has 124 valence electrons. The van der Waals surface area contributed by atoms with Crippen LogP contribution in [0.4, 0.5) is 0 Å². The summed E-state index contributed by atoms with van der Waals surface area (Å²) in [6.45, 7) is 13.2. The second-order valence-corrected chi connectivity index (χ2v) is 8.54. The quantitative estimate of drug-likeness (QED) is 0.559. The molecule has 0 N–H and O–H groups in total. The third-order valence-electron chi connectivity index (χ3n) is 4.39. The third-order valence-corrected chi connectivity index (χ3v) is 4.39. The van der Waals surface area contributed by atoms with Crippen LogP contribution in [0.2, 0.25) is 0 Å². The van der Waals surface area contributed by atoms with E-state index in [2.05, 4.69) is 89.0 Å². The summed E-state index contributed by atoms with van der Waals surface area (Å²) in [7, 11) is 0. The summed E-state index contributed by atoms with van der Waals surface area (Å²) < 4.78 is 0. The summed E-state index contributed by atoms with van der Waals surface area (Å²) in [5.74, 6) is 0. The summed E-state index contributed by atoms with van der Waals surface area (Å²) in [6.07, 6.45) is 1.90. The monoisotopic (exact) mass is 318 g/mol. The number of benzene rings is 2. The van der Waals surface area contributed by atoms with Crippen LogP contribution in [0, 0.1) is 0 Å². The van der Waals surface area contributed by atoms with Gasteiger partial charge in [0.2, 0.25) is 0 Å².